The molecule has 0 aromatic carbocycles. The third-order valence-corrected chi connectivity index (χ3v) is 2.76. The van der Waals surface area contributed by atoms with Crippen molar-refractivity contribution in [2.45, 2.75) is 19.4 Å². The number of aliphatic hydroxyl groups excluding tert-OH is 1. The number of hydrogen-bond donors (Lipinski definition) is 2. The molecule has 82 valence electrons. The number of nitrogens with zero attached hydrogens (tertiary/aromatic N) is 3. The van der Waals surface area contributed by atoms with Crippen molar-refractivity contribution < 1.29 is 5.11 Å². The molecule has 5 heteroatoms. The van der Waals surface area contributed by atoms with Gasteiger partial charge in [-0.25, -0.2) is 9.97 Å². The van der Waals surface area contributed by atoms with Crippen molar-refractivity contribution in [2.24, 2.45) is 0 Å². The molecule has 2 rings (SSSR count). The summed E-state index contributed by atoms with van der Waals surface area (Å²) in [7, 11) is 1.85. The summed E-state index contributed by atoms with van der Waals surface area (Å²) in [6.07, 6.45) is 2.15. The van der Waals surface area contributed by atoms with Gasteiger partial charge in [-0.2, -0.15) is 0 Å². The first-order chi connectivity index (χ1) is 7.22. The smallest absolute Gasteiger partial charge is 0.137 e. The van der Waals surface area contributed by atoms with E-state index in [-0.39, 0.29) is 6.10 Å². The Morgan fingerprint density at radius 3 is 2.93 bits per heavy atom. The normalized spacial score (nSPS) is 20.7. The first-order valence-corrected chi connectivity index (χ1v) is 5.14. The van der Waals surface area contributed by atoms with Gasteiger partial charge in [0.2, 0.25) is 0 Å². The van der Waals surface area contributed by atoms with Crippen LogP contribution in [0.4, 0.5) is 11.6 Å². The van der Waals surface area contributed by atoms with E-state index in [0.29, 0.717) is 6.54 Å². The van der Waals surface area contributed by atoms with Crippen LogP contribution in [0.1, 0.15) is 12.0 Å². The topological polar surface area (TPSA) is 61.3 Å². The van der Waals surface area contributed by atoms with Gasteiger partial charge in [0.1, 0.15) is 18.0 Å². The van der Waals surface area contributed by atoms with Crippen molar-refractivity contribution >= 4 is 11.6 Å². The van der Waals surface area contributed by atoms with Crippen LogP contribution in [-0.4, -0.2) is 41.3 Å². The molecule has 0 aliphatic carbocycles. The van der Waals surface area contributed by atoms with Gasteiger partial charge in [0.15, 0.2) is 0 Å². The van der Waals surface area contributed by atoms with Crippen LogP contribution in [0.15, 0.2) is 6.33 Å². The molecule has 1 aliphatic heterocycles. The molecule has 0 bridgehead atoms. The highest BCUT2D eigenvalue weighted by Crippen LogP contribution is 2.24. The molecular weight excluding hydrogens is 192 g/mol. The molecule has 0 amide bonds. The zero-order valence-electron chi connectivity index (χ0n) is 9.06. The largest absolute Gasteiger partial charge is 0.391 e. The highest BCUT2D eigenvalue weighted by molar-refractivity contribution is 5.58. The van der Waals surface area contributed by atoms with E-state index in [2.05, 4.69) is 20.2 Å². The summed E-state index contributed by atoms with van der Waals surface area (Å²) in [5.74, 6) is 1.77. The minimum Gasteiger partial charge on any atom is -0.391 e. The third kappa shape index (κ3) is 1.87. The molecule has 1 unspecified atom stereocenters. The van der Waals surface area contributed by atoms with Crippen LogP contribution < -0.4 is 10.2 Å². The molecule has 0 radical (unpaired) electrons. The van der Waals surface area contributed by atoms with Gasteiger partial charge >= 0.3 is 0 Å². The Balaban J connectivity index is 2.28. The Labute approximate surface area is 89.2 Å². The Kier molecular flexibility index (Phi) is 2.73. The molecule has 5 nitrogen and oxygen atoms in total. The maximum Gasteiger partial charge on any atom is 0.137 e. The predicted molar refractivity (Wildman–Crippen MR) is 59.2 cm³/mol. The van der Waals surface area contributed by atoms with Gasteiger partial charge in [0, 0.05) is 25.7 Å². The maximum atomic E-state index is 9.48. The summed E-state index contributed by atoms with van der Waals surface area (Å²) in [5, 5.41) is 12.5. The van der Waals surface area contributed by atoms with E-state index in [1.807, 2.05) is 14.0 Å². The van der Waals surface area contributed by atoms with Gasteiger partial charge in [-0.1, -0.05) is 0 Å². The summed E-state index contributed by atoms with van der Waals surface area (Å²) in [5.41, 5.74) is 1.04. The Bertz CT molecular complexity index is 355. The summed E-state index contributed by atoms with van der Waals surface area (Å²) in [4.78, 5) is 10.5. The van der Waals surface area contributed by atoms with E-state index in [4.69, 9.17) is 0 Å². The van der Waals surface area contributed by atoms with E-state index < -0.39 is 0 Å². The fraction of sp³-hybridized carbons (Fsp3) is 0.600. The molecule has 0 saturated carbocycles. The van der Waals surface area contributed by atoms with Crippen LogP contribution >= 0.6 is 0 Å². The van der Waals surface area contributed by atoms with Crippen molar-refractivity contribution in [3.63, 3.8) is 0 Å². The lowest BCUT2D eigenvalue weighted by Crippen LogP contribution is -2.23. The van der Waals surface area contributed by atoms with E-state index in [0.717, 1.165) is 30.2 Å². The molecular formula is C10H16N4O. The van der Waals surface area contributed by atoms with Gasteiger partial charge in [-0.05, 0) is 13.3 Å². The van der Waals surface area contributed by atoms with Gasteiger partial charge in [-0.3, -0.25) is 0 Å². The van der Waals surface area contributed by atoms with Crippen LogP contribution in [0.3, 0.4) is 0 Å². The van der Waals surface area contributed by atoms with Crippen molar-refractivity contribution in [1.29, 1.82) is 0 Å². The summed E-state index contributed by atoms with van der Waals surface area (Å²) < 4.78 is 0. The predicted octanol–water partition coefficient (Wildman–Crippen LogP) is 0.398. The monoisotopic (exact) mass is 208 g/mol. The highest BCUT2D eigenvalue weighted by Gasteiger charge is 2.23. The van der Waals surface area contributed by atoms with Crippen molar-refractivity contribution in [1.82, 2.24) is 9.97 Å². The number of rotatable bonds is 2. The van der Waals surface area contributed by atoms with Crippen molar-refractivity contribution in [3.8, 4) is 0 Å². The summed E-state index contributed by atoms with van der Waals surface area (Å²) in [6.45, 7) is 3.52. The molecule has 15 heavy (non-hydrogen) atoms. The lowest BCUT2D eigenvalue weighted by Gasteiger charge is -2.19. The number of hydrogen-bond acceptors (Lipinski definition) is 5. The van der Waals surface area contributed by atoms with Gasteiger partial charge in [0.05, 0.1) is 6.10 Å². The number of aromatic nitrogens is 2. The minimum absolute atomic E-state index is 0.225. The van der Waals surface area contributed by atoms with Crippen LogP contribution in [0.25, 0.3) is 0 Å². The molecule has 1 aromatic rings. The number of β-amino-alcohol motifs (C(OH)–C–C–N with tert-alkyl or cyclic N) is 1. The van der Waals surface area contributed by atoms with Gasteiger partial charge in [-0.15, -0.1) is 0 Å². The SMILES string of the molecule is CNc1ncnc(N2CCC(O)C2)c1C. The minimum atomic E-state index is -0.225. The average molecular weight is 208 g/mol. The fourth-order valence-electron chi connectivity index (χ4n) is 1.95. The zero-order valence-corrected chi connectivity index (χ0v) is 9.06. The lowest BCUT2D eigenvalue weighted by molar-refractivity contribution is 0.198. The van der Waals surface area contributed by atoms with Crippen molar-refractivity contribution in [2.75, 3.05) is 30.4 Å². The molecule has 1 aromatic heterocycles. The zero-order chi connectivity index (χ0) is 10.8. The first kappa shape index (κ1) is 10.2. The van der Waals surface area contributed by atoms with Crippen LogP contribution in [0, 0.1) is 6.92 Å². The highest BCUT2D eigenvalue weighted by atomic mass is 16.3. The van der Waals surface area contributed by atoms with Gasteiger partial charge in [0.25, 0.3) is 0 Å². The van der Waals surface area contributed by atoms with Gasteiger partial charge < -0.3 is 15.3 Å². The van der Waals surface area contributed by atoms with Crippen molar-refractivity contribution in [3.05, 3.63) is 11.9 Å². The van der Waals surface area contributed by atoms with E-state index in [9.17, 15) is 5.11 Å². The molecule has 2 N–H and O–H groups in total. The fourth-order valence-corrected chi connectivity index (χ4v) is 1.95. The number of nitrogens with one attached hydrogen (secondary N) is 1. The van der Waals surface area contributed by atoms with E-state index >= 15 is 0 Å². The summed E-state index contributed by atoms with van der Waals surface area (Å²) >= 11 is 0. The van der Waals surface area contributed by atoms with E-state index in [1.165, 1.54) is 0 Å². The Hall–Kier alpha value is -1.36. The number of aliphatic hydroxyl groups is 1. The van der Waals surface area contributed by atoms with Crippen LogP contribution in [0.5, 0.6) is 0 Å². The van der Waals surface area contributed by atoms with E-state index in [1.54, 1.807) is 6.33 Å². The number of anilines is 2. The lowest BCUT2D eigenvalue weighted by atomic mass is 10.3. The quantitative estimate of drug-likeness (QED) is 0.736. The molecule has 1 fully saturated rings. The summed E-state index contributed by atoms with van der Waals surface area (Å²) in [6, 6.07) is 0. The second-order valence-corrected chi connectivity index (χ2v) is 3.81. The molecule has 1 atom stereocenters. The molecule has 1 aliphatic rings. The van der Waals surface area contributed by atoms with Crippen LogP contribution in [-0.2, 0) is 0 Å². The third-order valence-electron chi connectivity index (χ3n) is 2.76. The molecule has 0 spiro atoms. The first-order valence-electron chi connectivity index (χ1n) is 5.14. The second kappa shape index (κ2) is 4.02. The molecule has 2 heterocycles. The Morgan fingerprint density at radius 2 is 2.33 bits per heavy atom. The van der Waals surface area contributed by atoms with Crippen LogP contribution in [0.2, 0.25) is 0 Å². The average Bonchev–Trinajstić information content (AvgIpc) is 2.65. The molecule has 1 saturated heterocycles. The standard InChI is InChI=1S/C10H16N4O/c1-7-9(11-2)12-6-13-10(7)14-4-3-8(15)5-14/h6,8,15H,3-5H2,1-2H3,(H,11,12,13). The second-order valence-electron chi connectivity index (χ2n) is 3.81. The Morgan fingerprint density at radius 1 is 1.53 bits per heavy atom. The maximum absolute atomic E-state index is 9.48.